The number of benzene rings is 1. The number of ketones is 1. The van der Waals surface area contributed by atoms with Gasteiger partial charge in [0.2, 0.25) is 0 Å². The molecular weight excluding hydrogens is 291 g/mol. The van der Waals surface area contributed by atoms with E-state index in [1.807, 2.05) is 31.2 Å². The van der Waals surface area contributed by atoms with E-state index in [-0.39, 0.29) is 11.9 Å². The molecule has 1 aromatic rings. The van der Waals surface area contributed by atoms with E-state index in [4.69, 9.17) is 4.74 Å². The van der Waals surface area contributed by atoms with Crippen molar-refractivity contribution in [3.63, 3.8) is 0 Å². The average molecular weight is 304 g/mol. The number of ether oxygens (including phenoxy) is 1. The minimum absolute atomic E-state index is 0.0486. The maximum absolute atomic E-state index is 10.8. The molecule has 0 aliphatic rings. The standard InChI is InChI=1S/C11H13IO2/c1-8(13)7-9(2)14-11-5-3-10(12)4-6-11/h3-6,9H,7H2,1-2H3. The van der Waals surface area contributed by atoms with Crippen LogP contribution in [0.5, 0.6) is 5.75 Å². The van der Waals surface area contributed by atoms with Crippen molar-refractivity contribution in [3.8, 4) is 5.75 Å². The molecule has 0 saturated carbocycles. The van der Waals surface area contributed by atoms with E-state index < -0.39 is 0 Å². The fourth-order valence-electron chi connectivity index (χ4n) is 1.19. The van der Waals surface area contributed by atoms with Crippen LogP contribution in [0.3, 0.4) is 0 Å². The van der Waals surface area contributed by atoms with Gasteiger partial charge in [0.1, 0.15) is 17.6 Å². The number of carbonyl (C=O) groups excluding carboxylic acids is 1. The van der Waals surface area contributed by atoms with E-state index in [1.54, 1.807) is 6.92 Å². The summed E-state index contributed by atoms with van der Waals surface area (Å²) in [5, 5.41) is 0. The molecule has 1 atom stereocenters. The molecule has 0 saturated heterocycles. The third kappa shape index (κ3) is 4.09. The number of carbonyl (C=O) groups is 1. The van der Waals surface area contributed by atoms with E-state index in [0.29, 0.717) is 6.42 Å². The maximum atomic E-state index is 10.8. The summed E-state index contributed by atoms with van der Waals surface area (Å²) in [6.45, 7) is 3.48. The predicted molar refractivity (Wildman–Crippen MR) is 64.5 cm³/mol. The molecule has 0 spiro atoms. The van der Waals surface area contributed by atoms with E-state index in [9.17, 15) is 4.79 Å². The van der Waals surface area contributed by atoms with E-state index in [2.05, 4.69) is 22.6 Å². The van der Waals surface area contributed by atoms with Gasteiger partial charge in [0.15, 0.2) is 0 Å². The molecular formula is C11H13IO2. The average Bonchev–Trinajstić information content (AvgIpc) is 2.07. The molecule has 1 rings (SSSR count). The molecule has 0 amide bonds. The molecule has 14 heavy (non-hydrogen) atoms. The van der Waals surface area contributed by atoms with Crippen LogP contribution in [0.15, 0.2) is 24.3 Å². The molecule has 2 nitrogen and oxygen atoms in total. The SMILES string of the molecule is CC(=O)CC(C)Oc1ccc(I)cc1. The highest BCUT2D eigenvalue weighted by atomic mass is 127. The first kappa shape index (κ1) is 11.5. The van der Waals surface area contributed by atoms with Crippen molar-refractivity contribution in [1.29, 1.82) is 0 Å². The smallest absolute Gasteiger partial charge is 0.133 e. The zero-order valence-corrected chi connectivity index (χ0v) is 10.4. The molecule has 0 aliphatic heterocycles. The number of halogens is 1. The Balaban J connectivity index is 2.51. The van der Waals surface area contributed by atoms with E-state index in [0.717, 1.165) is 5.75 Å². The first-order valence-electron chi connectivity index (χ1n) is 4.49. The lowest BCUT2D eigenvalue weighted by Crippen LogP contribution is -2.15. The highest BCUT2D eigenvalue weighted by Crippen LogP contribution is 2.15. The summed E-state index contributed by atoms with van der Waals surface area (Å²) in [6.07, 6.45) is 0.416. The summed E-state index contributed by atoms with van der Waals surface area (Å²) in [5.74, 6) is 0.974. The number of rotatable bonds is 4. The molecule has 1 aromatic carbocycles. The Kier molecular flexibility index (Phi) is 4.38. The van der Waals surface area contributed by atoms with Crippen molar-refractivity contribution in [2.45, 2.75) is 26.4 Å². The molecule has 0 aliphatic carbocycles. The van der Waals surface area contributed by atoms with Gasteiger partial charge in [0, 0.05) is 9.99 Å². The predicted octanol–water partition coefficient (Wildman–Crippen LogP) is 3.04. The highest BCUT2D eigenvalue weighted by molar-refractivity contribution is 14.1. The van der Waals surface area contributed by atoms with Gasteiger partial charge in [-0.2, -0.15) is 0 Å². The second-order valence-electron chi connectivity index (χ2n) is 3.29. The van der Waals surface area contributed by atoms with E-state index in [1.165, 1.54) is 3.57 Å². The molecule has 0 bridgehead atoms. The van der Waals surface area contributed by atoms with Crippen LogP contribution in [-0.4, -0.2) is 11.9 Å². The van der Waals surface area contributed by atoms with Crippen LogP contribution in [-0.2, 0) is 4.79 Å². The Morgan fingerprint density at radius 2 is 2.00 bits per heavy atom. The monoisotopic (exact) mass is 304 g/mol. The molecule has 1 unspecified atom stereocenters. The third-order valence-corrected chi connectivity index (χ3v) is 2.44. The Morgan fingerprint density at radius 3 is 2.50 bits per heavy atom. The lowest BCUT2D eigenvalue weighted by molar-refractivity contribution is -0.118. The maximum Gasteiger partial charge on any atom is 0.133 e. The van der Waals surface area contributed by atoms with Crippen LogP contribution < -0.4 is 4.74 Å². The van der Waals surface area contributed by atoms with Crippen LogP contribution in [0.1, 0.15) is 20.3 Å². The van der Waals surface area contributed by atoms with Crippen LogP contribution >= 0.6 is 22.6 Å². The largest absolute Gasteiger partial charge is 0.490 e. The van der Waals surface area contributed by atoms with Gasteiger partial charge in [-0.3, -0.25) is 4.79 Å². The van der Waals surface area contributed by atoms with Gasteiger partial charge in [0.25, 0.3) is 0 Å². The van der Waals surface area contributed by atoms with Crippen molar-refractivity contribution in [2.24, 2.45) is 0 Å². The van der Waals surface area contributed by atoms with Crippen LogP contribution in [0.4, 0.5) is 0 Å². The minimum Gasteiger partial charge on any atom is -0.490 e. The zero-order valence-electron chi connectivity index (χ0n) is 8.29. The molecule has 0 N–H and O–H groups in total. The van der Waals surface area contributed by atoms with Gasteiger partial charge in [0.05, 0.1) is 0 Å². The molecule has 3 heteroatoms. The molecule has 0 heterocycles. The summed E-state index contributed by atoms with van der Waals surface area (Å²) >= 11 is 2.24. The fraction of sp³-hybridized carbons (Fsp3) is 0.364. The summed E-state index contributed by atoms with van der Waals surface area (Å²) in [6, 6.07) is 7.80. The summed E-state index contributed by atoms with van der Waals surface area (Å²) in [7, 11) is 0. The van der Waals surface area contributed by atoms with Gasteiger partial charge in [-0.1, -0.05) is 0 Å². The van der Waals surface area contributed by atoms with Gasteiger partial charge in [-0.15, -0.1) is 0 Å². The number of hydrogen-bond acceptors (Lipinski definition) is 2. The normalized spacial score (nSPS) is 12.2. The second-order valence-corrected chi connectivity index (χ2v) is 4.53. The minimum atomic E-state index is -0.0486. The van der Waals surface area contributed by atoms with Gasteiger partial charge in [-0.25, -0.2) is 0 Å². The molecule has 0 aromatic heterocycles. The Labute approximate surface area is 97.8 Å². The lowest BCUT2D eigenvalue weighted by atomic mass is 10.2. The number of Topliss-reactive ketones (excluding diaryl/α,β-unsaturated/α-hetero) is 1. The molecule has 0 fully saturated rings. The Morgan fingerprint density at radius 1 is 1.43 bits per heavy atom. The van der Waals surface area contributed by atoms with Crippen molar-refractivity contribution >= 4 is 28.4 Å². The second kappa shape index (κ2) is 5.34. The van der Waals surface area contributed by atoms with Crippen molar-refractivity contribution in [3.05, 3.63) is 27.8 Å². The quantitative estimate of drug-likeness (QED) is 0.799. The van der Waals surface area contributed by atoms with Crippen molar-refractivity contribution < 1.29 is 9.53 Å². The first-order chi connectivity index (χ1) is 6.58. The van der Waals surface area contributed by atoms with Gasteiger partial charge in [-0.05, 0) is 60.7 Å². The van der Waals surface area contributed by atoms with Crippen LogP contribution in [0.25, 0.3) is 0 Å². The topological polar surface area (TPSA) is 26.3 Å². The summed E-state index contributed by atoms with van der Waals surface area (Å²) in [5.41, 5.74) is 0. The van der Waals surface area contributed by atoms with Crippen molar-refractivity contribution in [1.82, 2.24) is 0 Å². The Hall–Kier alpha value is -0.580. The molecule has 0 radical (unpaired) electrons. The highest BCUT2D eigenvalue weighted by Gasteiger charge is 2.06. The Bertz CT molecular complexity index is 306. The third-order valence-electron chi connectivity index (χ3n) is 1.73. The summed E-state index contributed by atoms with van der Waals surface area (Å²) in [4.78, 5) is 10.8. The van der Waals surface area contributed by atoms with Crippen LogP contribution in [0, 0.1) is 3.57 Å². The molecule has 76 valence electrons. The van der Waals surface area contributed by atoms with Gasteiger partial charge < -0.3 is 4.74 Å². The summed E-state index contributed by atoms with van der Waals surface area (Å²) < 4.78 is 6.73. The van der Waals surface area contributed by atoms with Gasteiger partial charge >= 0.3 is 0 Å². The number of hydrogen-bond donors (Lipinski definition) is 0. The first-order valence-corrected chi connectivity index (χ1v) is 5.57. The zero-order chi connectivity index (χ0) is 10.6. The van der Waals surface area contributed by atoms with E-state index >= 15 is 0 Å². The fourth-order valence-corrected chi connectivity index (χ4v) is 1.55. The van der Waals surface area contributed by atoms with Crippen LogP contribution in [0.2, 0.25) is 0 Å². The van der Waals surface area contributed by atoms with Crippen molar-refractivity contribution in [2.75, 3.05) is 0 Å². The lowest BCUT2D eigenvalue weighted by Gasteiger charge is -2.12.